The third-order valence-corrected chi connectivity index (χ3v) is 5.16. The smallest absolute Gasteiger partial charge is 0.444 e. The van der Waals surface area contributed by atoms with Crippen LogP contribution in [0, 0.1) is 13.8 Å². The summed E-state index contributed by atoms with van der Waals surface area (Å²) in [5.74, 6) is 1.10. The second-order valence-corrected chi connectivity index (χ2v) is 7.37. The Labute approximate surface area is 168 Å². The van der Waals surface area contributed by atoms with E-state index in [4.69, 9.17) is 16.3 Å². The molecule has 0 aliphatic rings. The molecule has 0 fully saturated rings. The van der Waals surface area contributed by atoms with E-state index in [1.807, 2.05) is 6.07 Å². The number of hydrogen-bond donors (Lipinski definition) is 1. The molecule has 2 heterocycles. The molecule has 0 amide bonds. The Morgan fingerprint density at radius 2 is 2.07 bits per heavy atom. The Bertz CT molecular complexity index is 998. The van der Waals surface area contributed by atoms with E-state index in [9.17, 15) is 13.2 Å². The Morgan fingerprint density at radius 3 is 2.75 bits per heavy atom. The number of fused-ring (bicyclic) bond motifs is 1. The van der Waals surface area contributed by atoms with Gasteiger partial charge in [-0.25, -0.2) is 9.37 Å². The lowest BCUT2D eigenvalue weighted by Crippen LogP contribution is -2.33. The molecule has 0 spiro atoms. The van der Waals surface area contributed by atoms with E-state index >= 15 is 0 Å². The normalized spacial score (nSPS) is 13.0. The second-order valence-electron chi connectivity index (χ2n) is 6.03. The predicted molar refractivity (Wildman–Crippen MR) is 102 cm³/mol. The van der Waals surface area contributed by atoms with Gasteiger partial charge in [0.25, 0.3) is 5.63 Å². The van der Waals surface area contributed by atoms with Crippen molar-refractivity contribution in [3.8, 4) is 11.5 Å². The van der Waals surface area contributed by atoms with Gasteiger partial charge >= 0.3 is 6.11 Å². The summed E-state index contributed by atoms with van der Waals surface area (Å²) in [5, 5.41) is 0.590. The van der Waals surface area contributed by atoms with E-state index in [2.05, 4.69) is 19.7 Å². The highest BCUT2D eigenvalue weighted by atomic mass is 35.5. The molecule has 0 saturated heterocycles. The largest absolute Gasteiger partial charge is 0.497 e. The summed E-state index contributed by atoms with van der Waals surface area (Å²) in [6.45, 7) is 3.17. The number of nitrogens with one attached hydrogen (secondary N) is 1. The van der Waals surface area contributed by atoms with Crippen molar-refractivity contribution in [2.45, 2.75) is 36.5 Å². The number of hydrogen-bond acceptors (Lipinski definition) is 5. The molecule has 1 atom stereocenters. The first kappa shape index (κ1) is 20.6. The zero-order valence-corrected chi connectivity index (χ0v) is 16.8. The van der Waals surface area contributed by atoms with E-state index in [-0.39, 0.29) is 5.75 Å². The number of imidazole rings is 1. The van der Waals surface area contributed by atoms with Crippen LogP contribution in [0.3, 0.4) is 0 Å². The molecule has 0 aliphatic heterocycles. The van der Waals surface area contributed by atoms with Crippen molar-refractivity contribution in [3.05, 3.63) is 41.2 Å². The average Bonchev–Trinajstić information content (AvgIpc) is 3.06. The molecular formula is C18H17ClF3N3O2S. The number of aryl methyl sites for hydroxylation is 2. The Balaban J connectivity index is 1.86. The molecular weight excluding hydrogens is 415 g/mol. The number of alkyl halides is 4. The van der Waals surface area contributed by atoms with Crippen LogP contribution in [-0.2, 0) is 5.75 Å². The Hall–Kier alpha value is -2.13. The predicted octanol–water partition coefficient (Wildman–Crippen LogP) is 5.38. The molecule has 10 heteroatoms. The molecule has 28 heavy (non-hydrogen) atoms. The van der Waals surface area contributed by atoms with E-state index in [1.165, 1.54) is 11.8 Å². The summed E-state index contributed by atoms with van der Waals surface area (Å²) in [4.78, 5) is 11.8. The van der Waals surface area contributed by atoms with Gasteiger partial charge in [-0.15, -0.1) is 0 Å². The standard InChI is InChI=1S/C18H17ClF3N3O2S/c1-9-6-13-14(10(2)15(9)27-18(21,22)16(19)20)25-17(24-13)28-8-11-7-12(26-3)4-5-23-11/h4-7,16H,8H2,1-3H3,(H,24,25). The summed E-state index contributed by atoms with van der Waals surface area (Å²) in [6.07, 6.45) is -2.49. The number of rotatable bonds is 7. The van der Waals surface area contributed by atoms with E-state index in [0.29, 0.717) is 38.8 Å². The SMILES string of the molecule is COc1ccnc(CSc2nc3c(C)c(OC(F)(F)C(F)Cl)c(C)cc3[nH]2)c1. The highest BCUT2D eigenvalue weighted by Gasteiger charge is 2.43. The number of aromatic amines is 1. The summed E-state index contributed by atoms with van der Waals surface area (Å²) in [6, 6.07) is 5.19. The van der Waals surface area contributed by atoms with Crippen LogP contribution in [0.4, 0.5) is 13.2 Å². The molecule has 3 rings (SSSR count). The zero-order valence-electron chi connectivity index (χ0n) is 15.2. The van der Waals surface area contributed by atoms with Gasteiger partial charge in [-0.3, -0.25) is 4.98 Å². The van der Waals surface area contributed by atoms with Gasteiger partial charge in [0.2, 0.25) is 0 Å². The van der Waals surface area contributed by atoms with Crippen molar-refractivity contribution in [2.75, 3.05) is 7.11 Å². The van der Waals surface area contributed by atoms with Gasteiger partial charge in [0, 0.05) is 23.6 Å². The first-order chi connectivity index (χ1) is 13.2. The number of H-pyrrole nitrogens is 1. The molecule has 3 aromatic rings. The van der Waals surface area contributed by atoms with Crippen molar-refractivity contribution in [2.24, 2.45) is 0 Å². The van der Waals surface area contributed by atoms with Crippen LogP contribution in [0.25, 0.3) is 11.0 Å². The minimum atomic E-state index is -4.14. The lowest BCUT2D eigenvalue weighted by Gasteiger charge is -2.20. The number of aromatic nitrogens is 3. The fourth-order valence-corrected chi connectivity index (χ4v) is 3.48. The third-order valence-electron chi connectivity index (χ3n) is 4.00. The van der Waals surface area contributed by atoms with Gasteiger partial charge < -0.3 is 14.5 Å². The minimum absolute atomic E-state index is 0.140. The Kier molecular flexibility index (Phi) is 5.95. The maximum atomic E-state index is 13.6. The first-order valence-corrected chi connectivity index (χ1v) is 9.60. The number of pyridine rings is 1. The number of nitrogens with zero attached hydrogens (tertiary/aromatic N) is 2. The van der Waals surface area contributed by atoms with Crippen LogP contribution in [0.15, 0.2) is 29.6 Å². The van der Waals surface area contributed by atoms with Crippen LogP contribution in [0.1, 0.15) is 16.8 Å². The molecule has 1 N–H and O–H groups in total. The number of halogens is 4. The second kappa shape index (κ2) is 8.08. The first-order valence-electron chi connectivity index (χ1n) is 8.18. The molecule has 0 bridgehead atoms. The van der Waals surface area contributed by atoms with Gasteiger partial charge in [0.15, 0.2) is 5.16 Å². The lowest BCUT2D eigenvalue weighted by atomic mass is 10.1. The van der Waals surface area contributed by atoms with Crippen LogP contribution in [0.5, 0.6) is 11.5 Å². The zero-order chi connectivity index (χ0) is 20.5. The van der Waals surface area contributed by atoms with Crippen LogP contribution < -0.4 is 9.47 Å². The van der Waals surface area contributed by atoms with Crippen LogP contribution in [0.2, 0.25) is 0 Å². The number of benzene rings is 1. The fourth-order valence-electron chi connectivity index (χ4n) is 2.65. The van der Waals surface area contributed by atoms with Crippen molar-refractivity contribution in [1.82, 2.24) is 15.0 Å². The summed E-state index contributed by atoms with van der Waals surface area (Å²) in [7, 11) is 1.58. The van der Waals surface area contributed by atoms with Crippen molar-refractivity contribution in [1.29, 1.82) is 0 Å². The topological polar surface area (TPSA) is 60.0 Å². The maximum Gasteiger partial charge on any atom is 0.444 e. The third kappa shape index (κ3) is 4.30. The molecule has 1 aromatic carbocycles. The van der Waals surface area contributed by atoms with Gasteiger partial charge in [0.05, 0.1) is 23.8 Å². The highest BCUT2D eigenvalue weighted by Crippen LogP contribution is 2.37. The highest BCUT2D eigenvalue weighted by molar-refractivity contribution is 7.98. The van der Waals surface area contributed by atoms with Gasteiger partial charge in [-0.05, 0) is 31.5 Å². The molecule has 1 unspecified atom stereocenters. The van der Waals surface area contributed by atoms with Crippen molar-refractivity contribution >= 4 is 34.4 Å². The molecule has 0 radical (unpaired) electrons. The summed E-state index contributed by atoms with van der Waals surface area (Å²) >= 11 is 6.29. The Morgan fingerprint density at radius 1 is 1.32 bits per heavy atom. The minimum Gasteiger partial charge on any atom is -0.497 e. The maximum absolute atomic E-state index is 13.6. The summed E-state index contributed by atoms with van der Waals surface area (Å²) in [5.41, 5.74) is -0.247. The molecule has 0 aliphatic carbocycles. The fraction of sp³-hybridized carbons (Fsp3) is 0.333. The van der Waals surface area contributed by atoms with Gasteiger partial charge in [-0.2, -0.15) is 8.78 Å². The van der Waals surface area contributed by atoms with Crippen molar-refractivity contribution in [3.63, 3.8) is 0 Å². The monoisotopic (exact) mass is 431 g/mol. The summed E-state index contributed by atoms with van der Waals surface area (Å²) < 4.78 is 49.8. The number of thioether (sulfide) groups is 1. The molecule has 5 nitrogen and oxygen atoms in total. The number of ether oxygens (including phenoxy) is 2. The molecule has 2 aromatic heterocycles. The van der Waals surface area contributed by atoms with Crippen LogP contribution in [-0.4, -0.2) is 33.8 Å². The van der Waals surface area contributed by atoms with Gasteiger partial charge in [-0.1, -0.05) is 23.4 Å². The van der Waals surface area contributed by atoms with Crippen molar-refractivity contribution < 1.29 is 22.6 Å². The lowest BCUT2D eigenvalue weighted by molar-refractivity contribution is -0.199. The molecule has 0 saturated carbocycles. The molecule has 150 valence electrons. The van der Waals surface area contributed by atoms with E-state index < -0.39 is 11.7 Å². The number of methoxy groups -OCH3 is 1. The quantitative estimate of drug-likeness (QED) is 0.402. The van der Waals surface area contributed by atoms with Gasteiger partial charge in [0.1, 0.15) is 11.5 Å². The van der Waals surface area contributed by atoms with Crippen LogP contribution >= 0.6 is 23.4 Å². The average molecular weight is 432 g/mol. The van der Waals surface area contributed by atoms with E-state index in [0.717, 1.165) is 5.69 Å². The van der Waals surface area contributed by atoms with E-state index in [1.54, 1.807) is 39.3 Å².